The fourth-order valence-electron chi connectivity index (χ4n) is 4.12. The first kappa shape index (κ1) is 20.7. The Hall–Kier alpha value is -3.61. The molecule has 160 valence electrons. The van der Waals surface area contributed by atoms with Gasteiger partial charge in [-0.25, -0.2) is 4.79 Å². The molecule has 1 N–H and O–H groups in total. The minimum atomic E-state index is -0.559. The Labute approximate surface area is 179 Å². The summed E-state index contributed by atoms with van der Waals surface area (Å²) in [5.74, 6) is -1.37. The Morgan fingerprint density at radius 1 is 1.10 bits per heavy atom. The van der Waals surface area contributed by atoms with Crippen LogP contribution in [0, 0.1) is 0 Å². The van der Waals surface area contributed by atoms with Gasteiger partial charge in [-0.15, -0.1) is 0 Å². The summed E-state index contributed by atoms with van der Waals surface area (Å²) in [5.41, 5.74) is 3.46. The van der Waals surface area contributed by atoms with E-state index in [-0.39, 0.29) is 25.1 Å². The molecule has 0 unspecified atom stereocenters. The molecular formula is C24H24N2O5. The van der Waals surface area contributed by atoms with Gasteiger partial charge in [0.2, 0.25) is 0 Å². The summed E-state index contributed by atoms with van der Waals surface area (Å²) in [5, 5.41) is 3.66. The fourth-order valence-corrected chi connectivity index (χ4v) is 4.12. The third-order valence-electron chi connectivity index (χ3n) is 5.56. The van der Waals surface area contributed by atoms with Crippen LogP contribution in [0.1, 0.15) is 40.4 Å². The van der Waals surface area contributed by atoms with E-state index < -0.39 is 11.9 Å². The average molecular weight is 420 g/mol. The van der Waals surface area contributed by atoms with Crippen LogP contribution in [0.2, 0.25) is 0 Å². The number of esters is 2. The van der Waals surface area contributed by atoms with Crippen molar-refractivity contribution in [1.82, 2.24) is 9.88 Å². The van der Waals surface area contributed by atoms with Crippen molar-refractivity contribution in [2.45, 2.75) is 31.8 Å². The van der Waals surface area contributed by atoms with Crippen molar-refractivity contribution in [2.75, 3.05) is 13.7 Å². The largest absolute Gasteiger partial charge is 0.465 e. The number of para-hydroxylation sites is 1. The van der Waals surface area contributed by atoms with E-state index in [2.05, 4.69) is 11.4 Å². The van der Waals surface area contributed by atoms with Crippen molar-refractivity contribution < 1.29 is 23.9 Å². The topological polar surface area (TPSA) is 86.6 Å². The van der Waals surface area contributed by atoms with E-state index in [1.54, 1.807) is 16.8 Å². The first-order valence-electron chi connectivity index (χ1n) is 10.3. The summed E-state index contributed by atoms with van der Waals surface area (Å²) in [6.07, 6.45) is 4.44. The van der Waals surface area contributed by atoms with E-state index in [0.717, 1.165) is 24.8 Å². The molecule has 1 aliphatic carbocycles. The SMILES string of the molecule is COC(=O)c1cn(CC(=O)OCC(=O)N[C@H]2CCCc3ccccc32)c2ccccc12. The first-order valence-corrected chi connectivity index (χ1v) is 10.3. The van der Waals surface area contributed by atoms with Crippen LogP contribution >= 0.6 is 0 Å². The van der Waals surface area contributed by atoms with Crippen LogP contribution in [0.25, 0.3) is 10.9 Å². The van der Waals surface area contributed by atoms with Crippen LogP contribution in [0.4, 0.5) is 0 Å². The number of carbonyl (C=O) groups is 3. The Morgan fingerprint density at radius 2 is 1.87 bits per heavy atom. The lowest BCUT2D eigenvalue weighted by Gasteiger charge is -2.26. The smallest absolute Gasteiger partial charge is 0.340 e. The van der Waals surface area contributed by atoms with Gasteiger partial charge in [-0.05, 0) is 36.5 Å². The molecule has 7 heteroatoms. The van der Waals surface area contributed by atoms with Gasteiger partial charge in [-0.3, -0.25) is 9.59 Å². The molecule has 0 radical (unpaired) electrons. The minimum Gasteiger partial charge on any atom is -0.465 e. The van der Waals surface area contributed by atoms with Crippen molar-refractivity contribution >= 4 is 28.7 Å². The highest BCUT2D eigenvalue weighted by atomic mass is 16.5. The lowest BCUT2D eigenvalue weighted by Crippen LogP contribution is -2.34. The normalized spacial score (nSPS) is 15.2. The second-order valence-corrected chi connectivity index (χ2v) is 7.55. The summed E-state index contributed by atoms with van der Waals surface area (Å²) < 4.78 is 11.6. The van der Waals surface area contributed by atoms with Gasteiger partial charge in [-0.1, -0.05) is 42.5 Å². The number of methoxy groups -OCH3 is 1. The number of amides is 1. The Kier molecular flexibility index (Phi) is 6.02. The van der Waals surface area contributed by atoms with Crippen LogP contribution in [0.3, 0.4) is 0 Å². The molecular weight excluding hydrogens is 396 g/mol. The molecule has 0 saturated heterocycles. The van der Waals surface area contributed by atoms with Gasteiger partial charge in [0.25, 0.3) is 5.91 Å². The molecule has 1 atom stereocenters. The number of hydrogen-bond acceptors (Lipinski definition) is 5. The second kappa shape index (κ2) is 9.04. The van der Waals surface area contributed by atoms with Crippen molar-refractivity contribution in [3.63, 3.8) is 0 Å². The summed E-state index contributed by atoms with van der Waals surface area (Å²) >= 11 is 0. The molecule has 1 heterocycles. The number of aromatic nitrogens is 1. The average Bonchev–Trinajstić information content (AvgIpc) is 3.16. The highest BCUT2D eigenvalue weighted by Crippen LogP contribution is 2.29. The maximum absolute atomic E-state index is 12.4. The molecule has 31 heavy (non-hydrogen) atoms. The van der Waals surface area contributed by atoms with E-state index in [1.165, 1.54) is 12.7 Å². The molecule has 2 aromatic carbocycles. The van der Waals surface area contributed by atoms with Crippen LogP contribution in [-0.2, 0) is 32.0 Å². The predicted octanol–water partition coefficient (Wildman–Crippen LogP) is 3.16. The van der Waals surface area contributed by atoms with Gasteiger partial charge in [0.05, 0.1) is 18.7 Å². The third kappa shape index (κ3) is 4.45. The quantitative estimate of drug-likeness (QED) is 0.619. The number of fused-ring (bicyclic) bond motifs is 2. The van der Waals surface area contributed by atoms with Gasteiger partial charge in [0.15, 0.2) is 6.61 Å². The standard InChI is InChI=1S/C24H24N2O5/c1-30-24(29)19-13-26(21-12-5-4-10-18(19)21)14-23(28)31-15-22(27)25-20-11-6-8-16-7-2-3-9-17(16)20/h2-5,7,9-10,12-13,20H,6,8,11,14-15H2,1H3,(H,25,27)/t20-/m0/s1. The van der Waals surface area contributed by atoms with Gasteiger partial charge < -0.3 is 19.4 Å². The van der Waals surface area contributed by atoms with E-state index in [1.807, 2.05) is 36.4 Å². The Balaban J connectivity index is 1.37. The highest BCUT2D eigenvalue weighted by Gasteiger charge is 2.22. The zero-order chi connectivity index (χ0) is 21.8. The van der Waals surface area contributed by atoms with Crippen LogP contribution in [0.5, 0.6) is 0 Å². The number of nitrogens with zero attached hydrogens (tertiary/aromatic N) is 1. The Bertz CT molecular complexity index is 1130. The molecule has 3 aromatic rings. The zero-order valence-electron chi connectivity index (χ0n) is 17.3. The van der Waals surface area contributed by atoms with Crippen molar-refractivity contribution in [2.24, 2.45) is 0 Å². The number of aryl methyl sites for hydroxylation is 1. The van der Waals surface area contributed by atoms with Crippen molar-refractivity contribution in [1.29, 1.82) is 0 Å². The van der Waals surface area contributed by atoms with Gasteiger partial charge in [-0.2, -0.15) is 0 Å². The predicted molar refractivity (Wildman–Crippen MR) is 115 cm³/mol. The first-order chi connectivity index (χ1) is 15.1. The monoisotopic (exact) mass is 420 g/mol. The number of hydrogen-bond donors (Lipinski definition) is 1. The lowest BCUT2D eigenvalue weighted by molar-refractivity contribution is -0.149. The molecule has 1 aromatic heterocycles. The van der Waals surface area contributed by atoms with Crippen LogP contribution in [0.15, 0.2) is 54.7 Å². The Morgan fingerprint density at radius 3 is 2.71 bits per heavy atom. The maximum atomic E-state index is 12.4. The minimum absolute atomic E-state index is 0.0628. The third-order valence-corrected chi connectivity index (χ3v) is 5.56. The number of benzene rings is 2. The molecule has 4 rings (SSSR count). The summed E-state index contributed by atoms with van der Waals surface area (Å²) in [6, 6.07) is 15.2. The molecule has 1 amide bonds. The summed E-state index contributed by atoms with van der Waals surface area (Å²) in [6.45, 7) is -0.461. The molecule has 0 fully saturated rings. The fraction of sp³-hybridized carbons (Fsp3) is 0.292. The van der Waals surface area contributed by atoms with Crippen molar-refractivity contribution in [3.05, 3.63) is 71.4 Å². The van der Waals surface area contributed by atoms with Gasteiger partial charge >= 0.3 is 11.9 Å². The number of carbonyl (C=O) groups excluding carboxylic acids is 3. The van der Waals surface area contributed by atoms with Crippen LogP contribution < -0.4 is 5.32 Å². The molecule has 0 spiro atoms. The summed E-state index contributed by atoms with van der Waals surface area (Å²) in [7, 11) is 1.31. The molecule has 0 saturated carbocycles. The van der Waals surface area contributed by atoms with Gasteiger partial charge in [0.1, 0.15) is 6.54 Å². The van der Waals surface area contributed by atoms with E-state index in [9.17, 15) is 14.4 Å². The maximum Gasteiger partial charge on any atom is 0.340 e. The lowest BCUT2D eigenvalue weighted by atomic mass is 9.88. The zero-order valence-corrected chi connectivity index (χ0v) is 17.3. The van der Waals surface area contributed by atoms with E-state index >= 15 is 0 Å². The van der Waals surface area contributed by atoms with Gasteiger partial charge in [0, 0.05) is 17.1 Å². The highest BCUT2D eigenvalue weighted by molar-refractivity contribution is 6.04. The molecule has 0 bridgehead atoms. The molecule has 7 nitrogen and oxygen atoms in total. The summed E-state index contributed by atoms with van der Waals surface area (Å²) in [4.78, 5) is 36.7. The van der Waals surface area contributed by atoms with Crippen LogP contribution in [-0.4, -0.2) is 36.1 Å². The number of rotatable bonds is 6. The number of nitrogens with one attached hydrogen (secondary N) is 1. The number of ether oxygens (including phenoxy) is 2. The second-order valence-electron chi connectivity index (χ2n) is 7.55. The molecule has 0 aliphatic heterocycles. The van der Waals surface area contributed by atoms with E-state index in [4.69, 9.17) is 9.47 Å². The van der Waals surface area contributed by atoms with E-state index in [0.29, 0.717) is 16.5 Å². The van der Waals surface area contributed by atoms with Crippen molar-refractivity contribution in [3.8, 4) is 0 Å². The molecule has 1 aliphatic rings.